The fourth-order valence-corrected chi connectivity index (χ4v) is 9.98. The Balaban J connectivity index is 2.45. The van der Waals surface area contributed by atoms with Gasteiger partial charge in [0, 0.05) is 0 Å². The van der Waals surface area contributed by atoms with Gasteiger partial charge in [0.05, 0.1) is 0 Å². The second kappa shape index (κ2) is 5.35. The van der Waals surface area contributed by atoms with Gasteiger partial charge in [0.25, 0.3) is 0 Å². The molecule has 0 unspecified atom stereocenters. The second-order valence-electron chi connectivity index (χ2n) is 4.92. The molecule has 0 aliphatic carbocycles. The van der Waals surface area contributed by atoms with Crippen LogP contribution in [0.3, 0.4) is 0 Å². The molecule has 0 bridgehead atoms. The summed E-state index contributed by atoms with van der Waals surface area (Å²) in [6.07, 6.45) is 0. The molecule has 0 atom stereocenters. The predicted molar refractivity (Wildman–Crippen MR) is 71.1 cm³/mol. The molecule has 17 heavy (non-hydrogen) atoms. The summed E-state index contributed by atoms with van der Waals surface area (Å²) >= 11 is -1.19. The molecule has 0 N–H and O–H groups in total. The van der Waals surface area contributed by atoms with Crippen LogP contribution < -0.4 is 6.14 Å². The molecule has 1 heteroatoms. The molecule has 84 valence electrons. The third-order valence-corrected chi connectivity index (χ3v) is 15.1. The molecule has 2 aromatic rings. The van der Waals surface area contributed by atoms with Crippen molar-refractivity contribution in [3.63, 3.8) is 0 Å². The van der Waals surface area contributed by atoms with Crippen molar-refractivity contribution in [3.05, 3.63) is 58.7 Å². The minimum atomic E-state index is -1.19. The zero-order valence-electron chi connectivity index (χ0n) is 11.2. The van der Waals surface area contributed by atoms with Crippen LogP contribution in [0.15, 0.2) is 36.4 Å². The van der Waals surface area contributed by atoms with Crippen molar-refractivity contribution >= 4 is 6.14 Å². The predicted octanol–water partition coefficient (Wildman–Crippen LogP) is 2.95. The van der Waals surface area contributed by atoms with Gasteiger partial charge in [-0.05, 0) is 0 Å². The Labute approximate surface area is 117 Å². The van der Waals surface area contributed by atoms with Crippen molar-refractivity contribution in [1.82, 2.24) is 0 Å². The Morgan fingerprint density at radius 3 is 1.18 bits per heavy atom. The Morgan fingerprint density at radius 2 is 0.882 bits per heavy atom. The Kier molecular flexibility index (Phi) is 4.03. The van der Waals surface area contributed by atoms with Crippen LogP contribution >= 0.6 is 0 Å². The van der Waals surface area contributed by atoms with E-state index in [2.05, 4.69) is 64.1 Å². The van der Waals surface area contributed by atoms with Crippen LogP contribution in [0.1, 0.15) is 22.3 Å². The van der Waals surface area contributed by atoms with Gasteiger partial charge in [-0.25, -0.2) is 0 Å². The van der Waals surface area contributed by atoms with Crippen LogP contribution in [-0.2, 0) is 24.6 Å². The van der Waals surface area contributed by atoms with Crippen LogP contribution in [0, 0.1) is 27.7 Å². The molecule has 0 fully saturated rings. The summed E-state index contributed by atoms with van der Waals surface area (Å²) in [5.74, 6) is 0. The van der Waals surface area contributed by atoms with Crippen LogP contribution in [0.2, 0.25) is 0 Å². The van der Waals surface area contributed by atoms with E-state index in [1.165, 1.54) is 22.3 Å². The molecule has 0 aromatic heterocycles. The summed E-state index contributed by atoms with van der Waals surface area (Å²) in [7, 11) is 0. The molecule has 2 aromatic carbocycles. The van der Waals surface area contributed by atoms with Crippen LogP contribution in [-0.4, -0.2) is 0 Å². The third-order valence-electron chi connectivity index (χ3n) is 3.64. The zero-order chi connectivity index (χ0) is 12.4. The SMILES string of the molecule is Cc1cccc(C)[c]1[Hg][c]1c(C)cccc1C. The second-order valence-corrected chi connectivity index (χ2v) is 11.8. The van der Waals surface area contributed by atoms with Crippen molar-refractivity contribution in [2.75, 3.05) is 0 Å². The molecule has 0 nitrogen and oxygen atoms in total. The third kappa shape index (κ3) is 2.79. The van der Waals surface area contributed by atoms with E-state index in [9.17, 15) is 0 Å². The molecule has 0 radical (unpaired) electrons. The minimum absolute atomic E-state index is 1.19. The standard InChI is InChI=1S/2C8H9.Hg/c2*1-7-4-3-5-8(2)6-7;/h2*3-5H,1-2H3;. The van der Waals surface area contributed by atoms with Gasteiger partial charge >= 0.3 is 117 Å². The van der Waals surface area contributed by atoms with Crippen molar-refractivity contribution in [3.8, 4) is 0 Å². The fraction of sp³-hybridized carbons (Fsp3) is 0.250. The number of rotatable bonds is 2. The molecule has 0 heterocycles. The van der Waals surface area contributed by atoms with Gasteiger partial charge in [0.15, 0.2) is 0 Å². The van der Waals surface area contributed by atoms with Crippen molar-refractivity contribution in [1.29, 1.82) is 0 Å². The van der Waals surface area contributed by atoms with Gasteiger partial charge < -0.3 is 0 Å². The Hall–Kier alpha value is -0.625. The molecule has 0 saturated heterocycles. The fourth-order valence-electron chi connectivity index (χ4n) is 2.43. The van der Waals surface area contributed by atoms with Gasteiger partial charge in [-0.3, -0.25) is 0 Å². The van der Waals surface area contributed by atoms with E-state index in [0.717, 1.165) is 0 Å². The number of hydrogen-bond acceptors (Lipinski definition) is 0. The number of benzene rings is 2. The summed E-state index contributed by atoms with van der Waals surface area (Å²) < 4.78 is 3.40. The van der Waals surface area contributed by atoms with E-state index in [-0.39, 0.29) is 0 Å². The van der Waals surface area contributed by atoms with Gasteiger partial charge in [0.1, 0.15) is 0 Å². The molecule has 2 rings (SSSR count). The van der Waals surface area contributed by atoms with Crippen molar-refractivity contribution in [2.45, 2.75) is 27.7 Å². The monoisotopic (exact) mass is 412 g/mol. The Bertz CT molecular complexity index is 451. The first-order valence-corrected chi connectivity index (χ1v) is 11.7. The first kappa shape index (κ1) is 12.8. The summed E-state index contributed by atoms with van der Waals surface area (Å²) in [5.41, 5.74) is 5.98. The summed E-state index contributed by atoms with van der Waals surface area (Å²) in [6.45, 7) is 9.04. The zero-order valence-corrected chi connectivity index (χ0v) is 16.7. The molecule has 0 spiro atoms. The summed E-state index contributed by atoms with van der Waals surface area (Å²) in [4.78, 5) is 0. The van der Waals surface area contributed by atoms with E-state index in [4.69, 9.17) is 0 Å². The first-order valence-electron chi connectivity index (χ1n) is 6.20. The van der Waals surface area contributed by atoms with E-state index in [1.807, 2.05) is 0 Å². The van der Waals surface area contributed by atoms with Crippen molar-refractivity contribution < 1.29 is 24.6 Å². The molecule has 0 saturated carbocycles. The maximum atomic E-state index is 2.26. The number of aryl methyl sites for hydroxylation is 4. The maximum absolute atomic E-state index is 2.26. The van der Waals surface area contributed by atoms with Crippen LogP contribution in [0.5, 0.6) is 0 Å². The van der Waals surface area contributed by atoms with Crippen LogP contribution in [0.25, 0.3) is 0 Å². The van der Waals surface area contributed by atoms with E-state index in [0.29, 0.717) is 0 Å². The summed E-state index contributed by atoms with van der Waals surface area (Å²) in [5, 5.41) is 0. The molecule has 0 amide bonds. The molecular formula is C16H18Hg. The normalized spacial score (nSPS) is 10.1. The van der Waals surface area contributed by atoms with E-state index >= 15 is 0 Å². The molecular weight excluding hydrogens is 393 g/mol. The van der Waals surface area contributed by atoms with Crippen molar-refractivity contribution in [2.24, 2.45) is 0 Å². The van der Waals surface area contributed by atoms with Gasteiger partial charge in [-0.2, -0.15) is 0 Å². The van der Waals surface area contributed by atoms with Gasteiger partial charge in [-0.1, -0.05) is 0 Å². The average Bonchev–Trinajstić information content (AvgIpc) is 2.27. The first-order chi connectivity index (χ1) is 8.09. The summed E-state index contributed by atoms with van der Waals surface area (Å²) in [6, 6.07) is 13.4. The van der Waals surface area contributed by atoms with Gasteiger partial charge in [0.2, 0.25) is 0 Å². The number of hydrogen-bond donors (Lipinski definition) is 0. The topological polar surface area (TPSA) is 0 Å². The molecule has 0 aliphatic heterocycles. The van der Waals surface area contributed by atoms with E-state index < -0.39 is 24.6 Å². The average molecular weight is 411 g/mol. The quantitative estimate of drug-likeness (QED) is 0.668. The van der Waals surface area contributed by atoms with E-state index in [1.54, 1.807) is 6.14 Å². The Morgan fingerprint density at radius 1 is 0.588 bits per heavy atom. The molecule has 0 aliphatic rings. The van der Waals surface area contributed by atoms with Crippen LogP contribution in [0.4, 0.5) is 0 Å². The van der Waals surface area contributed by atoms with Gasteiger partial charge in [-0.15, -0.1) is 0 Å².